The zero-order valence-electron chi connectivity index (χ0n) is 14.8. The first-order chi connectivity index (χ1) is 8.99. The predicted octanol–water partition coefficient (Wildman–Crippen LogP) is 6.16. The molecular formula is C18H39B. The third-order valence-corrected chi connectivity index (χ3v) is 5.93. The van der Waals surface area contributed by atoms with Crippen LogP contribution in [-0.4, -0.2) is 7.85 Å². The molecule has 0 aliphatic rings. The van der Waals surface area contributed by atoms with Gasteiger partial charge in [0.1, 0.15) is 7.85 Å². The van der Waals surface area contributed by atoms with Crippen molar-refractivity contribution in [1.29, 1.82) is 0 Å². The molecule has 0 nitrogen and oxygen atoms in total. The van der Waals surface area contributed by atoms with Crippen molar-refractivity contribution in [2.75, 3.05) is 0 Å². The van der Waals surface area contributed by atoms with E-state index in [1.54, 1.807) is 0 Å². The van der Waals surface area contributed by atoms with Crippen molar-refractivity contribution in [3.05, 3.63) is 0 Å². The van der Waals surface area contributed by atoms with Crippen LogP contribution in [-0.2, 0) is 0 Å². The molecule has 0 bridgehead atoms. The summed E-state index contributed by atoms with van der Waals surface area (Å²) in [5, 5.41) is 0.535. The smallest absolute Gasteiger partial charge is 0.0655 e. The average molecular weight is 266 g/mol. The summed E-state index contributed by atoms with van der Waals surface area (Å²) in [6.45, 7) is 12.0. The maximum atomic E-state index is 2.58. The first-order valence-electron chi connectivity index (χ1n) is 8.99. The third-order valence-electron chi connectivity index (χ3n) is 5.93. The summed E-state index contributed by atoms with van der Waals surface area (Å²) in [6, 6.07) is 0. The summed E-state index contributed by atoms with van der Waals surface area (Å²) >= 11 is 0. The van der Waals surface area contributed by atoms with Gasteiger partial charge in [0.05, 0.1) is 0 Å². The summed E-state index contributed by atoms with van der Waals surface area (Å²) in [4.78, 5) is 0. The first kappa shape index (κ1) is 19.1. The molecule has 0 spiro atoms. The van der Waals surface area contributed by atoms with Gasteiger partial charge < -0.3 is 0 Å². The zero-order valence-corrected chi connectivity index (χ0v) is 14.8. The second kappa shape index (κ2) is 9.89. The molecule has 114 valence electrons. The van der Waals surface area contributed by atoms with E-state index in [4.69, 9.17) is 0 Å². The van der Waals surface area contributed by atoms with Gasteiger partial charge in [0.25, 0.3) is 0 Å². The molecule has 0 heterocycles. The van der Waals surface area contributed by atoms with Crippen LogP contribution in [0.15, 0.2) is 0 Å². The fourth-order valence-corrected chi connectivity index (χ4v) is 3.52. The van der Waals surface area contributed by atoms with Crippen molar-refractivity contribution in [1.82, 2.24) is 0 Å². The summed E-state index contributed by atoms with van der Waals surface area (Å²) < 4.78 is 0. The van der Waals surface area contributed by atoms with E-state index in [2.05, 4.69) is 42.5 Å². The van der Waals surface area contributed by atoms with Gasteiger partial charge in [-0.15, -0.1) is 0 Å². The number of hydrogen-bond acceptors (Lipinski definition) is 0. The molecule has 19 heavy (non-hydrogen) atoms. The van der Waals surface area contributed by atoms with Gasteiger partial charge in [-0.3, -0.25) is 0 Å². The second-order valence-corrected chi connectivity index (χ2v) is 7.10. The van der Waals surface area contributed by atoms with Crippen molar-refractivity contribution < 1.29 is 0 Å². The minimum atomic E-state index is 0.535. The summed E-state index contributed by atoms with van der Waals surface area (Å²) in [5.74, 6) is 0. The number of hydrogen-bond donors (Lipinski definition) is 0. The minimum Gasteiger partial charge on any atom is -0.0655 e. The molecule has 0 aromatic rings. The molecule has 0 N–H and O–H groups in total. The van der Waals surface area contributed by atoms with E-state index in [-0.39, 0.29) is 0 Å². The van der Waals surface area contributed by atoms with E-state index < -0.39 is 0 Å². The van der Waals surface area contributed by atoms with Crippen LogP contribution in [0.4, 0.5) is 0 Å². The molecule has 1 heteroatoms. The van der Waals surface area contributed by atoms with Crippen molar-refractivity contribution >= 4 is 7.85 Å². The largest absolute Gasteiger partial charge is 0.110 e. The molecule has 0 saturated carbocycles. The molecule has 0 amide bonds. The second-order valence-electron chi connectivity index (χ2n) is 7.10. The van der Waals surface area contributed by atoms with Crippen molar-refractivity contribution in [3.8, 4) is 0 Å². The fourth-order valence-electron chi connectivity index (χ4n) is 3.52. The lowest BCUT2D eigenvalue weighted by molar-refractivity contribution is 0.150. The highest BCUT2D eigenvalue weighted by Gasteiger charge is 2.40. The van der Waals surface area contributed by atoms with Crippen LogP contribution in [0.2, 0.25) is 5.31 Å². The Morgan fingerprint density at radius 2 is 1.16 bits per heavy atom. The zero-order chi connectivity index (χ0) is 14.8. The van der Waals surface area contributed by atoms with E-state index in [1.807, 2.05) is 0 Å². The van der Waals surface area contributed by atoms with Gasteiger partial charge in [-0.1, -0.05) is 97.7 Å². The number of rotatable bonds is 12. The molecule has 0 fully saturated rings. The first-order valence-corrected chi connectivity index (χ1v) is 8.99. The molecule has 0 aliphatic heterocycles. The Labute approximate surface area is 124 Å². The maximum Gasteiger partial charge on any atom is 0.110 e. The van der Waals surface area contributed by atoms with Crippen LogP contribution < -0.4 is 0 Å². The molecule has 0 rings (SSSR count). The van der Waals surface area contributed by atoms with Gasteiger partial charge in [-0.2, -0.15) is 0 Å². The van der Waals surface area contributed by atoms with E-state index in [0.29, 0.717) is 10.7 Å². The number of unbranched alkanes of at least 4 members (excludes halogenated alkanes) is 5. The van der Waals surface area contributed by atoms with Crippen molar-refractivity contribution in [2.24, 2.45) is 5.41 Å². The lowest BCUT2D eigenvalue weighted by Gasteiger charge is -2.47. The van der Waals surface area contributed by atoms with Gasteiger partial charge in [-0.25, -0.2) is 0 Å². The Morgan fingerprint density at radius 1 is 0.684 bits per heavy atom. The lowest BCUT2D eigenvalue weighted by Crippen LogP contribution is -2.34. The maximum absolute atomic E-state index is 2.58. The van der Waals surface area contributed by atoms with E-state index in [1.165, 1.54) is 70.6 Å². The topological polar surface area (TPSA) is 0 Å². The summed E-state index contributed by atoms with van der Waals surface area (Å²) in [7, 11) is 2.54. The van der Waals surface area contributed by atoms with Crippen molar-refractivity contribution in [3.63, 3.8) is 0 Å². The van der Waals surface area contributed by atoms with Crippen LogP contribution in [0.1, 0.15) is 105 Å². The standard InChI is InChI=1S/C18H39B/c1-6-10-12-13-14-16-17(5,15-11-7-2)18(19,8-3)9-4/h6-16,19H2,1-5H3. The molecule has 1 unspecified atom stereocenters. The third kappa shape index (κ3) is 5.92. The minimum absolute atomic E-state index is 0.535. The predicted molar refractivity (Wildman–Crippen MR) is 92.8 cm³/mol. The Balaban J connectivity index is 4.49. The summed E-state index contributed by atoms with van der Waals surface area (Å²) in [6.07, 6.45) is 15.4. The molecule has 0 aliphatic carbocycles. The average Bonchev–Trinajstić information content (AvgIpc) is 2.43. The van der Waals surface area contributed by atoms with E-state index in [0.717, 1.165) is 0 Å². The van der Waals surface area contributed by atoms with Crippen LogP contribution >= 0.6 is 0 Å². The van der Waals surface area contributed by atoms with Crippen LogP contribution in [0.5, 0.6) is 0 Å². The van der Waals surface area contributed by atoms with Gasteiger partial charge in [0.2, 0.25) is 0 Å². The van der Waals surface area contributed by atoms with Gasteiger partial charge >= 0.3 is 0 Å². The lowest BCUT2D eigenvalue weighted by atomic mass is 9.48. The van der Waals surface area contributed by atoms with Gasteiger partial charge in [0, 0.05) is 0 Å². The Bertz CT molecular complexity index is 208. The quantitative estimate of drug-likeness (QED) is 0.293. The highest BCUT2D eigenvalue weighted by Crippen LogP contribution is 2.54. The normalized spacial score (nSPS) is 15.4. The monoisotopic (exact) mass is 266 g/mol. The fraction of sp³-hybridized carbons (Fsp3) is 1.00. The molecule has 0 aromatic carbocycles. The molecule has 0 aromatic heterocycles. The Morgan fingerprint density at radius 3 is 1.63 bits per heavy atom. The highest BCUT2D eigenvalue weighted by molar-refractivity contribution is 6.15. The van der Waals surface area contributed by atoms with Crippen LogP contribution in [0, 0.1) is 5.41 Å². The van der Waals surface area contributed by atoms with Crippen molar-refractivity contribution in [2.45, 2.75) is 111 Å². The van der Waals surface area contributed by atoms with E-state index >= 15 is 0 Å². The molecule has 1 atom stereocenters. The molecular weight excluding hydrogens is 227 g/mol. The van der Waals surface area contributed by atoms with Crippen LogP contribution in [0.3, 0.4) is 0 Å². The van der Waals surface area contributed by atoms with Gasteiger partial charge in [0.15, 0.2) is 0 Å². The summed E-state index contributed by atoms with van der Waals surface area (Å²) in [5.41, 5.74) is 0.554. The van der Waals surface area contributed by atoms with Gasteiger partial charge in [-0.05, 0) is 18.3 Å². The molecule has 0 radical (unpaired) electrons. The Hall–Kier alpha value is 0.0649. The SMILES string of the molecule is BC(CC)(CC)C(C)(CCCC)CCCCCCC. The molecule has 0 saturated heterocycles. The van der Waals surface area contributed by atoms with Crippen LogP contribution in [0.25, 0.3) is 0 Å². The Kier molecular flexibility index (Phi) is 9.92. The van der Waals surface area contributed by atoms with E-state index in [9.17, 15) is 0 Å². The highest BCUT2D eigenvalue weighted by atomic mass is 14.4.